The number of ether oxygens (including phenoxy) is 1. The van der Waals surface area contributed by atoms with E-state index in [1.54, 1.807) is 21.7 Å². The van der Waals surface area contributed by atoms with Crippen molar-refractivity contribution >= 4 is 12.0 Å². The zero-order valence-electron chi connectivity index (χ0n) is 18.9. The highest BCUT2D eigenvalue weighted by Gasteiger charge is 2.26. The van der Waals surface area contributed by atoms with Gasteiger partial charge in [0.05, 0.1) is 24.0 Å². The molecular formula is C23H27N7O3. The van der Waals surface area contributed by atoms with Crippen LogP contribution < -0.4 is 11.3 Å². The molecule has 10 heteroatoms. The molecule has 10 nitrogen and oxygen atoms in total. The molecule has 3 aromatic rings. The first-order valence-electron chi connectivity index (χ1n) is 10.7. The van der Waals surface area contributed by atoms with E-state index in [1.165, 1.54) is 11.8 Å². The maximum Gasteiger partial charge on any atom is 0.410 e. The number of pyridine rings is 1. The minimum absolute atomic E-state index is 0.287. The second kappa shape index (κ2) is 8.99. The van der Waals surface area contributed by atoms with E-state index in [0.29, 0.717) is 25.2 Å². The Labute approximate surface area is 191 Å². The number of hydrazine groups is 1. The molecule has 0 unspecified atom stereocenters. The summed E-state index contributed by atoms with van der Waals surface area (Å²) in [4.78, 5) is 29.9. The van der Waals surface area contributed by atoms with Crippen LogP contribution in [0.15, 0.2) is 42.7 Å². The van der Waals surface area contributed by atoms with Gasteiger partial charge in [0.25, 0.3) is 5.91 Å². The lowest BCUT2D eigenvalue weighted by molar-refractivity contribution is 0.0224. The zero-order chi connectivity index (χ0) is 23.6. The number of nitrogen functional groups attached to an aromatic ring is 1. The standard InChI is InChI=1S/C23H27N7O3/c1-23(2,3)33-22(32)29-9-8-15-10-16(4-5-18(15)12-29)20-14-30(28-27-20)13-19-7-6-17(11-25-19)21(31)26-24/h4-7,10-11,14H,8-9,12-13,24H2,1-3H3,(H,26,31). The quantitative estimate of drug-likeness (QED) is 0.355. The molecule has 2 aromatic heterocycles. The van der Waals surface area contributed by atoms with Gasteiger partial charge >= 0.3 is 6.09 Å². The highest BCUT2D eigenvalue weighted by molar-refractivity contribution is 5.93. The van der Waals surface area contributed by atoms with Crippen molar-refractivity contribution in [1.29, 1.82) is 0 Å². The van der Waals surface area contributed by atoms with E-state index in [2.05, 4.69) is 26.8 Å². The van der Waals surface area contributed by atoms with Crippen LogP contribution in [-0.2, 0) is 24.2 Å². The molecule has 0 aliphatic carbocycles. The molecule has 0 radical (unpaired) electrons. The highest BCUT2D eigenvalue weighted by atomic mass is 16.6. The molecule has 0 saturated carbocycles. The van der Waals surface area contributed by atoms with Crippen molar-refractivity contribution in [2.75, 3.05) is 6.54 Å². The van der Waals surface area contributed by atoms with Crippen molar-refractivity contribution in [3.8, 4) is 11.3 Å². The Kier molecular flexibility index (Phi) is 6.10. The first kappa shape index (κ1) is 22.4. The summed E-state index contributed by atoms with van der Waals surface area (Å²) in [5, 5.41) is 8.49. The van der Waals surface area contributed by atoms with Crippen molar-refractivity contribution in [3.63, 3.8) is 0 Å². The molecule has 2 amide bonds. The monoisotopic (exact) mass is 449 g/mol. The summed E-state index contributed by atoms with van der Waals surface area (Å²) in [5.41, 5.74) is 6.72. The van der Waals surface area contributed by atoms with E-state index in [1.807, 2.05) is 39.1 Å². The van der Waals surface area contributed by atoms with Crippen LogP contribution in [0.1, 0.15) is 48.0 Å². The van der Waals surface area contributed by atoms with Gasteiger partial charge in [-0.15, -0.1) is 5.10 Å². The third-order valence-corrected chi connectivity index (χ3v) is 5.25. The van der Waals surface area contributed by atoms with Gasteiger partial charge in [-0.05, 0) is 56.5 Å². The summed E-state index contributed by atoms with van der Waals surface area (Å²) in [6.45, 7) is 7.17. The van der Waals surface area contributed by atoms with Crippen LogP contribution in [0.3, 0.4) is 0 Å². The number of carbonyl (C=O) groups is 2. The van der Waals surface area contributed by atoms with Gasteiger partial charge in [-0.1, -0.05) is 17.3 Å². The predicted octanol–water partition coefficient (Wildman–Crippen LogP) is 2.29. The van der Waals surface area contributed by atoms with E-state index in [9.17, 15) is 9.59 Å². The van der Waals surface area contributed by atoms with Crippen LogP contribution in [0.25, 0.3) is 11.3 Å². The van der Waals surface area contributed by atoms with E-state index >= 15 is 0 Å². The Bertz CT molecular complexity index is 1170. The summed E-state index contributed by atoms with van der Waals surface area (Å²) in [6, 6.07) is 9.54. The number of hydrogen-bond donors (Lipinski definition) is 2. The average Bonchev–Trinajstić information content (AvgIpc) is 3.25. The Hall–Kier alpha value is -3.79. The molecule has 0 saturated heterocycles. The molecular weight excluding hydrogens is 422 g/mol. The number of carbonyl (C=O) groups excluding carboxylic acids is 2. The highest BCUT2D eigenvalue weighted by Crippen LogP contribution is 2.26. The van der Waals surface area contributed by atoms with Gasteiger partial charge in [0.15, 0.2) is 0 Å². The molecule has 172 valence electrons. The lowest BCUT2D eigenvalue weighted by atomic mass is 9.96. The maximum atomic E-state index is 12.4. The predicted molar refractivity (Wildman–Crippen MR) is 121 cm³/mol. The lowest BCUT2D eigenvalue weighted by Gasteiger charge is -2.31. The summed E-state index contributed by atoms with van der Waals surface area (Å²) in [5.74, 6) is 4.75. The fraction of sp³-hybridized carbons (Fsp3) is 0.348. The summed E-state index contributed by atoms with van der Waals surface area (Å²) >= 11 is 0. The van der Waals surface area contributed by atoms with Crippen LogP contribution in [-0.4, -0.2) is 49.0 Å². The second-order valence-electron chi connectivity index (χ2n) is 8.95. The Morgan fingerprint density at radius 2 is 2.00 bits per heavy atom. The van der Waals surface area contributed by atoms with Gasteiger partial charge < -0.3 is 9.64 Å². The summed E-state index contributed by atoms with van der Waals surface area (Å²) in [7, 11) is 0. The summed E-state index contributed by atoms with van der Waals surface area (Å²) in [6.07, 6.45) is 3.80. The molecule has 1 aliphatic rings. The molecule has 0 bridgehead atoms. The largest absolute Gasteiger partial charge is 0.444 e. The molecule has 0 spiro atoms. The normalized spacial score (nSPS) is 13.4. The smallest absolute Gasteiger partial charge is 0.410 e. The van der Waals surface area contributed by atoms with Crippen LogP contribution >= 0.6 is 0 Å². The first-order valence-corrected chi connectivity index (χ1v) is 10.7. The first-order chi connectivity index (χ1) is 15.7. The molecule has 0 fully saturated rings. The van der Waals surface area contributed by atoms with E-state index in [-0.39, 0.29) is 6.09 Å². The van der Waals surface area contributed by atoms with E-state index < -0.39 is 11.5 Å². The SMILES string of the molecule is CC(C)(C)OC(=O)N1CCc2cc(-c3cn(Cc4ccc(C(=O)NN)cn4)nn3)ccc2C1. The van der Waals surface area contributed by atoms with Gasteiger partial charge in [-0.2, -0.15) is 0 Å². The number of benzene rings is 1. The van der Waals surface area contributed by atoms with E-state index in [0.717, 1.165) is 28.9 Å². The average molecular weight is 450 g/mol. The minimum atomic E-state index is -0.510. The molecule has 4 rings (SSSR count). The molecule has 3 heterocycles. The molecule has 3 N–H and O–H groups in total. The molecule has 1 aliphatic heterocycles. The Morgan fingerprint density at radius 3 is 2.70 bits per heavy atom. The van der Waals surface area contributed by atoms with Crippen LogP contribution in [0, 0.1) is 0 Å². The van der Waals surface area contributed by atoms with E-state index in [4.69, 9.17) is 10.6 Å². The fourth-order valence-corrected chi connectivity index (χ4v) is 3.60. The number of nitrogens with two attached hydrogens (primary N) is 1. The van der Waals surface area contributed by atoms with Crippen molar-refractivity contribution in [2.45, 2.75) is 45.9 Å². The molecule has 33 heavy (non-hydrogen) atoms. The van der Waals surface area contributed by atoms with Crippen molar-refractivity contribution in [2.24, 2.45) is 5.84 Å². The van der Waals surface area contributed by atoms with Gasteiger partial charge in [-0.3, -0.25) is 15.2 Å². The Balaban J connectivity index is 1.43. The van der Waals surface area contributed by atoms with Crippen LogP contribution in [0.4, 0.5) is 4.79 Å². The van der Waals surface area contributed by atoms with Gasteiger partial charge in [0.2, 0.25) is 0 Å². The number of fused-ring (bicyclic) bond motifs is 1. The molecule has 1 aromatic carbocycles. The van der Waals surface area contributed by atoms with Crippen molar-refractivity contribution in [3.05, 3.63) is 65.1 Å². The fourth-order valence-electron chi connectivity index (χ4n) is 3.60. The minimum Gasteiger partial charge on any atom is -0.444 e. The number of amides is 2. The van der Waals surface area contributed by atoms with Crippen LogP contribution in [0.5, 0.6) is 0 Å². The third kappa shape index (κ3) is 5.35. The van der Waals surface area contributed by atoms with Gasteiger partial charge in [0.1, 0.15) is 11.3 Å². The van der Waals surface area contributed by atoms with Gasteiger partial charge in [0, 0.05) is 24.8 Å². The topological polar surface area (TPSA) is 128 Å². The van der Waals surface area contributed by atoms with Crippen LogP contribution in [0.2, 0.25) is 0 Å². The van der Waals surface area contributed by atoms with Crippen molar-refractivity contribution in [1.82, 2.24) is 30.3 Å². The third-order valence-electron chi connectivity index (χ3n) is 5.25. The number of nitrogens with zero attached hydrogens (tertiary/aromatic N) is 5. The molecule has 0 atom stereocenters. The lowest BCUT2D eigenvalue weighted by Crippen LogP contribution is -2.39. The number of rotatable bonds is 4. The number of nitrogens with one attached hydrogen (secondary N) is 1. The second-order valence-corrected chi connectivity index (χ2v) is 8.95. The number of aromatic nitrogens is 4. The maximum absolute atomic E-state index is 12.4. The van der Waals surface area contributed by atoms with Crippen molar-refractivity contribution < 1.29 is 14.3 Å². The Morgan fingerprint density at radius 1 is 1.18 bits per heavy atom. The summed E-state index contributed by atoms with van der Waals surface area (Å²) < 4.78 is 7.19. The number of hydrogen-bond acceptors (Lipinski definition) is 7. The van der Waals surface area contributed by atoms with Gasteiger partial charge in [-0.25, -0.2) is 15.3 Å². The zero-order valence-corrected chi connectivity index (χ0v) is 18.9.